The van der Waals surface area contributed by atoms with Gasteiger partial charge >= 0.3 is 0 Å². The Morgan fingerprint density at radius 1 is 1.08 bits per heavy atom. The first-order valence-corrected chi connectivity index (χ1v) is 8.46. The minimum absolute atomic E-state index is 0.405. The van der Waals surface area contributed by atoms with Crippen LogP contribution in [0.15, 0.2) is 48.5 Å². The molecular formula is C19H19N3OS. The standard InChI is InChI=1S/C19H19N3OS/c1-12-3-5-13(6-4-12)16-11-17(16)18-20-21-19(24)22(18)14-7-9-15(23-2)10-8-14/h3-10,16-17H,11H2,1-2H3,(H,21,24)/t16-,17-/m1/s1. The predicted molar refractivity (Wildman–Crippen MR) is 96.6 cm³/mol. The number of methoxy groups -OCH3 is 1. The van der Waals surface area contributed by atoms with Crippen LogP contribution in [-0.4, -0.2) is 21.9 Å². The molecule has 1 saturated carbocycles. The first-order chi connectivity index (χ1) is 11.7. The Kier molecular flexibility index (Phi) is 3.73. The SMILES string of the molecule is COc1ccc(-n2c([C@@H]3C[C@@H]3c3ccc(C)cc3)n[nH]c2=S)cc1. The summed E-state index contributed by atoms with van der Waals surface area (Å²) < 4.78 is 7.90. The quantitative estimate of drug-likeness (QED) is 0.712. The number of aromatic amines is 1. The van der Waals surface area contributed by atoms with Crippen LogP contribution in [0.5, 0.6) is 5.75 Å². The van der Waals surface area contributed by atoms with Gasteiger partial charge in [0.25, 0.3) is 0 Å². The summed E-state index contributed by atoms with van der Waals surface area (Å²) in [6, 6.07) is 16.7. The summed E-state index contributed by atoms with van der Waals surface area (Å²) in [5, 5.41) is 7.46. The van der Waals surface area contributed by atoms with Crippen molar-refractivity contribution in [2.24, 2.45) is 0 Å². The van der Waals surface area contributed by atoms with Crippen molar-refractivity contribution < 1.29 is 4.74 Å². The van der Waals surface area contributed by atoms with Crippen molar-refractivity contribution in [3.63, 3.8) is 0 Å². The first kappa shape index (κ1) is 15.1. The summed E-state index contributed by atoms with van der Waals surface area (Å²) in [6.07, 6.45) is 1.11. The van der Waals surface area contributed by atoms with Crippen molar-refractivity contribution in [1.29, 1.82) is 0 Å². The third-order valence-corrected chi connectivity index (χ3v) is 4.93. The zero-order valence-electron chi connectivity index (χ0n) is 13.7. The van der Waals surface area contributed by atoms with Gasteiger partial charge in [-0.25, -0.2) is 0 Å². The van der Waals surface area contributed by atoms with Crippen LogP contribution in [0.1, 0.15) is 35.2 Å². The molecule has 1 aliphatic rings. The van der Waals surface area contributed by atoms with Gasteiger partial charge in [0.15, 0.2) is 4.77 Å². The molecule has 0 bridgehead atoms. The summed E-state index contributed by atoms with van der Waals surface area (Å²) in [5.74, 6) is 2.77. The van der Waals surface area contributed by atoms with E-state index in [0.29, 0.717) is 16.6 Å². The summed E-state index contributed by atoms with van der Waals surface area (Å²) in [4.78, 5) is 0. The Bertz CT molecular complexity index is 909. The number of nitrogens with one attached hydrogen (secondary N) is 1. The second-order valence-electron chi connectivity index (χ2n) is 6.28. The van der Waals surface area contributed by atoms with Gasteiger partial charge in [-0.15, -0.1) is 0 Å². The van der Waals surface area contributed by atoms with Crippen molar-refractivity contribution in [2.75, 3.05) is 7.11 Å². The Hall–Kier alpha value is -2.40. The number of aryl methyl sites for hydroxylation is 1. The molecule has 24 heavy (non-hydrogen) atoms. The molecule has 1 fully saturated rings. The van der Waals surface area contributed by atoms with E-state index in [9.17, 15) is 0 Å². The van der Waals surface area contributed by atoms with Gasteiger partial charge in [-0.2, -0.15) is 5.10 Å². The van der Waals surface area contributed by atoms with E-state index >= 15 is 0 Å². The fraction of sp³-hybridized carbons (Fsp3) is 0.263. The molecule has 1 N–H and O–H groups in total. The first-order valence-electron chi connectivity index (χ1n) is 8.05. The van der Waals surface area contributed by atoms with Gasteiger partial charge in [0, 0.05) is 11.6 Å². The van der Waals surface area contributed by atoms with Crippen molar-refractivity contribution in [3.8, 4) is 11.4 Å². The lowest BCUT2D eigenvalue weighted by atomic mass is 10.1. The number of aromatic nitrogens is 3. The molecule has 1 aliphatic carbocycles. The molecule has 1 aromatic heterocycles. The van der Waals surface area contributed by atoms with Crippen molar-refractivity contribution in [1.82, 2.24) is 14.8 Å². The van der Waals surface area contributed by atoms with Crippen molar-refractivity contribution in [2.45, 2.75) is 25.2 Å². The van der Waals surface area contributed by atoms with E-state index in [1.54, 1.807) is 7.11 Å². The molecule has 0 unspecified atom stereocenters. The Labute approximate surface area is 146 Å². The Balaban J connectivity index is 1.66. The minimum Gasteiger partial charge on any atom is -0.497 e. The molecule has 0 amide bonds. The zero-order chi connectivity index (χ0) is 16.7. The van der Waals surface area contributed by atoms with Crippen LogP contribution in [-0.2, 0) is 0 Å². The molecule has 1 heterocycles. The van der Waals surface area contributed by atoms with E-state index in [1.165, 1.54) is 11.1 Å². The van der Waals surface area contributed by atoms with Crippen LogP contribution in [0.2, 0.25) is 0 Å². The normalized spacial score (nSPS) is 19.2. The molecule has 0 radical (unpaired) electrons. The highest BCUT2D eigenvalue weighted by molar-refractivity contribution is 7.71. The number of nitrogens with zero attached hydrogens (tertiary/aromatic N) is 2. The highest BCUT2D eigenvalue weighted by Crippen LogP contribution is 2.54. The maximum atomic E-state index is 5.45. The second kappa shape index (κ2) is 5.91. The Morgan fingerprint density at radius 3 is 2.46 bits per heavy atom. The van der Waals surface area contributed by atoms with Gasteiger partial charge in [-0.05, 0) is 61.3 Å². The number of H-pyrrole nitrogens is 1. The summed E-state index contributed by atoms with van der Waals surface area (Å²) in [5.41, 5.74) is 3.68. The number of ether oxygens (including phenoxy) is 1. The van der Waals surface area contributed by atoms with E-state index in [-0.39, 0.29) is 0 Å². The van der Waals surface area contributed by atoms with Gasteiger partial charge in [0.05, 0.1) is 7.11 Å². The van der Waals surface area contributed by atoms with Gasteiger partial charge in [-0.1, -0.05) is 29.8 Å². The molecule has 2 aromatic carbocycles. The molecule has 0 spiro atoms. The fourth-order valence-electron chi connectivity index (χ4n) is 3.20. The summed E-state index contributed by atoms with van der Waals surface area (Å²) >= 11 is 5.45. The lowest BCUT2D eigenvalue weighted by Crippen LogP contribution is -2.01. The minimum atomic E-state index is 0.405. The predicted octanol–water partition coefficient (Wildman–Crippen LogP) is 4.52. The molecule has 4 nitrogen and oxygen atoms in total. The maximum absolute atomic E-state index is 5.45. The van der Waals surface area contributed by atoms with Crippen LogP contribution in [0.3, 0.4) is 0 Å². The van der Waals surface area contributed by atoms with Crippen LogP contribution < -0.4 is 4.74 Å². The number of rotatable bonds is 4. The van der Waals surface area contributed by atoms with Crippen LogP contribution >= 0.6 is 12.2 Å². The average Bonchev–Trinajstić information content (AvgIpc) is 3.31. The van der Waals surface area contributed by atoms with Gasteiger partial charge in [0.2, 0.25) is 0 Å². The molecule has 5 heteroatoms. The third kappa shape index (κ3) is 2.65. The lowest BCUT2D eigenvalue weighted by Gasteiger charge is -2.08. The van der Waals surface area contributed by atoms with E-state index in [2.05, 4.69) is 41.4 Å². The third-order valence-electron chi connectivity index (χ3n) is 4.66. The van der Waals surface area contributed by atoms with Gasteiger partial charge in [-0.3, -0.25) is 9.67 Å². The summed E-state index contributed by atoms with van der Waals surface area (Å²) in [7, 11) is 1.67. The lowest BCUT2D eigenvalue weighted by molar-refractivity contribution is 0.414. The maximum Gasteiger partial charge on any atom is 0.199 e. The van der Waals surface area contributed by atoms with E-state index in [4.69, 9.17) is 17.0 Å². The number of hydrogen-bond acceptors (Lipinski definition) is 3. The molecule has 4 rings (SSSR count). The van der Waals surface area contributed by atoms with Crippen LogP contribution in [0, 0.1) is 11.7 Å². The Morgan fingerprint density at radius 2 is 1.79 bits per heavy atom. The van der Waals surface area contributed by atoms with Crippen LogP contribution in [0.4, 0.5) is 0 Å². The summed E-state index contributed by atoms with van der Waals surface area (Å²) in [6.45, 7) is 2.11. The van der Waals surface area contributed by atoms with E-state index in [0.717, 1.165) is 23.7 Å². The topological polar surface area (TPSA) is 42.8 Å². The van der Waals surface area contributed by atoms with E-state index < -0.39 is 0 Å². The van der Waals surface area contributed by atoms with Gasteiger partial charge < -0.3 is 4.74 Å². The molecular weight excluding hydrogens is 318 g/mol. The van der Waals surface area contributed by atoms with E-state index in [1.807, 2.05) is 28.8 Å². The monoisotopic (exact) mass is 337 g/mol. The second-order valence-corrected chi connectivity index (χ2v) is 6.67. The zero-order valence-corrected chi connectivity index (χ0v) is 14.5. The molecule has 0 saturated heterocycles. The number of hydrogen-bond donors (Lipinski definition) is 1. The van der Waals surface area contributed by atoms with Crippen LogP contribution in [0.25, 0.3) is 5.69 Å². The van der Waals surface area contributed by atoms with Crippen molar-refractivity contribution in [3.05, 3.63) is 70.3 Å². The molecule has 122 valence electrons. The molecule has 2 atom stereocenters. The number of benzene rings is 2. The fourth-order valence-corrected chi connectivity index (χ4v) is 3.45. The largest absolute Gasteiger partial charge is 0.497 e. The molecule has 3 aromatic rings. The van der Waals surface area contributed by atoms with Crippen molar-refractivity contribution >= 4 is 12.2 Å². The highest BCUT2D eigenvalue weighted by Gasteiger charge is 2.43. The smallest absolute Gasteiger partial charge is 0.199 e. The highest BCUT2D eigenvalue weighted by atomic mass is 32.1. The molecule has 0 aliphatic heterocycles. The average molecular weight is 337 g/mol. The van der Waals surface area contributed by atoms with Gasteiger partial charge in [0.1, 0.15) is 11.6 Å².